The van der Waals surface area contributed by atoms with Crippen molar-refractivity contribution in [2.75, 3.05) is 196 Å². The number of hydrogen-bond acceptors (Lipinski definition) is 21. The van der Waals surface area contributed by atoms with Crippen molar-refractivity contribution >= 4 is 0 Å². The molecule has 0 aromatic rings. The first-order valence-corrected chi connectivity index (χ1v) is 37.4. The highest BCUT2D eigenvalue weighted by atomic mass is 15.3. The van der Waals surface area contributed by atoms with Crippen LogP contribution >= 0.6 is 0 Å². The Bertz CT molecular complexity index is 1580. The summed E-state index contributed by atoms with van der Waals surface area (Å²) in [5, 5.41) is 71.5. The van der Waals surface area contributed by atoms with Gasteiger partial charge in [0.1, 0.15) is 0 Å². The van der Waals surface area contributed by atoms with Crippen LogP contribution in [0.15, 0.2) is 0 Å². The maximum absolute atomic E-state index is 3.57. The topological polar surface area (TPSA) is 253 Å². The van der Waals surface area contributed by atoms with Gasteiger partial charge in [0, 0.05) is 118 Å². The first-order chi connectivity index (χ1) is 43.1. The molecule has 90 heavy (non-hydrogen) atoms. The highest BCUT2D eigenvalue weighted by Crippen LogP contribution is 2.43. The highest BCUT2D eigenvalue weighted by Gasteiger charge is 2.46. The van der Waals surface area contributed by atoms with Crippen molar-refractivity contribution < 1.29 is 0 Å². The molecule has 1 aliphatic carbocycles. The van der Waals surface area contributed by atoms with Gasteiger partial charge in [-0.3, -0.25) is 31.9 Å². The summed E-state index contributed by atoms with van der Waals surface area (Å²) in [5.74, 6) is 0. The molecule has 21 saturated heterocycles. The number of rotatable bonds is 0. The molecule has 21 N–H and O–H groups in total. The summed E-state index contributed by atoms with van der Waals surface area (Å²) in [6.07, 6.45) is 35.9. The molecule has 21 heterocycles. The lowest BCUT2D eigenvalue weighted by atomic mass is 9.65. The van der Waals surface area contributed by atoms with Gasteiger partial charge in [-0.05, 0) is 283 Å². The molecule has 0 radical (unpaired) electrons. The SMILES string of the molecule is C.C.C1CC2(C1)CNC2.C1CC2(CCN2)CN1.C1CC2(CCN2)N1.C1CC2(CCNC2)CN1.C1CC2(CNC2)N1.C1CC2(CNC2)N1.C1CNC2(C1)CCCN2.C1CNC2(C1)CCN2.C1CNC2(C1)CCNC2.C1CNC2(C1)CCNC2.C1CNC2(C1)CNC2. The van der Waals surface area contributed by atoms with E-state index >= 15 is 0 Å². The van der Waals surface area contributed by atoms with E-state index < -0.39 is 0 Å². The third kappa shape index (κ3) is 18.7. The van der Waals surface area contributed by atoms with Crippen molar-refractivity contribution in [3.05, 3.63) is 0 Å². The van der Waals surface area contributed by atoms with E-state index in [-0.39, 0.29) is 14.9 Å². The lowest BCUT2D eigenvalue weighted by Crippen LogP contribution is -2.74. The van der Waals surface area contributed by atoms with E-state index in [1.54, 1.807) is 0 Å². The molecule has 22 aliphatic rings. The number of nitrogens with one attached hydrogen (secondary N) is 21. The molecule has 11 spiro atoms. The summed E-state index contributed by atoms with van der Waals surface area (Å²) in [6.45, 7) is 36.8. The van der Waals surface area contributed by atoms with E-state index in [4.69, 9.17) is 0 Å². The zero-order valence-electron chi connectivity index (χ0n) is 55.6. The third-order valence-electron chi connectivity index (χ3n) is 25.7. The molecule has 0 aromatic heterocycles. The molecular formula is C69H141N21. The summed E-state index contributed by atoms with van der Waals surface area (Å²) >= 11 is 0. The van der Waals surface area contributed by atoms with Crippen molar-refractivity contribution in [2.24, 2.45) is 10.8 Å². The molecule has 0 amide bonds. The third-order valence-corrected chi connectivity index (χ3v) is 25.7. The molecule has 21 nitrogen and oxygen atoms in total. The van der Waals surface area contributed by atoms with E-state index in [0.29, 0.717) is 55.6 Å². The van der Waals surface area contributed by atoms with E-state index in [9.17, 15) is 0 Å². The van der Waals surface area contributed by atoms with Gasteiger partial charge < -0.3 is 79.8 Å². The second-order valence-electron chi connectivity index (χ2n) is 32.1. The lowest BCUT2D eigenvalue weighted by Gasteiger charge is -2.51. The molecule has 21 heteroatoms. The van der Waals surface area contributed by atoms with Gasteiger partial charge in [0.15, 0.2) is 0 Å². The molecule has 1 saturated carbocycles. The fourth-order valence-electron chi connectivity index (χ4n) is 17.8. The molecule has 522 valence electrons. The van der Waals surface area contributed by atoms with Crippen molar-refractivity contribution in [3.63, 3.8) is 0 Å². The summed E-state index contributed by atoms with van der Waals surface area (Å²) < 4.78 is 0. The lowest BCUT2D eigenvalue weighted by molar-refractivity contribution is 0.0603. The van der Waals surface area contributed by atoms with Gasteiger partial charge in [0.2, 0.25) is 0 Å². The Morgan fingerprint density at radius 3 is 0.511 bits per heavy atom. The predicted molar refractivity (Wildman–Crippen MR) is 375 cm³/mol. The maximum Gasteiger partial charge on any atom is 0.0711 e. The van der Waals surface area contributed by atoms with Crippen molar-refractivity contribution in [1.82, 2.24) is 112 Å². The van der Waals surface area contributed by atoms with Crippen molar-refractivity contribution in [3.8, 4) is 0 Å². The molecule has 0 bridgehead atoms. The minimum absolute atomic E-state index is 0. The second-order valence-corrected chi connectivity index (χ2v) is 32.1. The van der Waals surface area contributed by atoms with Gasteiger partial charge in [-0.25, -0.2) is 0 Å². The molecular weight excluding hydrogens is 1120 g/mol. The first-order valence-electron chi connectivity index (χ1n) is 37.4. The van der Waals surface area contributed by atoms with E-state index in [0.717, 1.165) is 5.41 Å². The van der Waals surface area contributed by atoms with Crippen LogP contribution in [-0.4, -0.2) is 247 Å². The number of hydrogen-bond donors (Lipinski definition) is 21. The monoisotopic (exact) mass is 1260 g/mol. The Morgan fingerprint density at radius 1 is 0.144 bits per heavy atom. The van der Waals surface area contributed by atoms with Crippen LogP contribution in [-0.2, 0) is 0 Å². The Hall–Kier alpha value is -0.840. The fourth-order valence-corrected chi connectivity index (χ4v) is 17.8. The smallest absolute Gasteiger partial charge is 0.0711 e. The van der Waals surface area contributed by atoms with Gasteiger partial charge >= 0.3 is 0 Å². The van der Waals surface area contributed by atoms with Crippen LogP contribution in [0, 0.1) is 10.8 Å². The average molecular weight is 1270 g/mol. The minimum atomic E-state index is 0. The second kappa shape index (κ2) is 33.1. The van der Waals surface area contributed by atoms with Crippen LogP contribution in [0.2, 0.25) is 0 Å². The van der Waals surface area contributed by atoms with E-state index in [2.05, 4.69) is 112 Å². The largest absolute Gasteiger partial charge is 0.316 e. The van der Waals surface area contributed by atoms with Crippen LogP contribution in [0.1, 0.15) is 182 Å². The predicted octanol–water partition coefficient (Wildman–Crippen LogP) is 0.441. The van der Waals surface area contributed by atoms with Gasteiger partial charge in [0.25, 0.3) is 0 Å². The Labute approximate surface area is 548 Å². The fraction of sp³-hybridized carbons (Fsp3) is 1.00. The highest BCUT2D eigenvalue weighted by molar-refractivity contribution is 5.09. The summed E-state index contributed by atoms with van der Waals surface area (Å²) in [7, 11) is 0. The van der Waals surface area contributed by atoms with Crippen molar-refractivity contribution in [2.45, 2.75) is 232 Å². The molecule has 21 aliphatic heterocycles. The Kier molecular flexibility index (Phi) is 26.5. The van der Waals surface area contributed by atoms with Crippen LogP contribution in [0.5, 0.6) is 0 Å². The van der Waals surface area contributed by atoms with Gasteiger partial charge in [0.05, 0.1) is 17.0 Å². The summed E-state index contributed by atoms with van der Waals surface area (Å²) in [6, 6.07) is 0. The van der Waals surface area contributed by atoms with Crippen LogP contribution in [0.4, 0.5) is 0 Å². The molecule has 0 aromatic carbocycles. The Morgan fingerprint density at radius 2 is 0.378 bits per heavy atom. The van der Waals surface area contributed by atoms with Gasteiger partial charge in [-0.2, -0.15) is 0 Å². The molecule has 4 unspecified atom stereocenters. The minimum Gasteiger partial charge on any atom is -0.316 e. The van der Waals surface area contributed by atoms with Crippen LogP contribution in [0.3, 0.4) is 0 Å². The zero-order valence-corrected chi connectivity index (χ0v) is 55.6. The normalized spacial score (nSPS) is 36.5. The van der Waals surface area contributed by atoms with Gasteiger partial charge in [-0.1, -0.05) is 21.3 Å². The molecule has 22 fully saturated rings. The first kappa shape index (κ1) is 71.9. The van der Waals surface area contributed by atoms with Crippen LogP contribution in [0.25, 0.3) is 0 Å². The maximum atomic E-state index is 3.57. The van der Waals surface area contributed by atoms with Crippen molar-refractivity contribution in [1.29, 1.82) is 0 Å². The summed E-state index contributed by atoms with van der Waals surface area (Å²) in [4.78, 5) is 0. The van der Waals surface area contributed by atoms with E-state index in [1.807, 2.05) is 0 Å². The van der Waals surface area contributed by atoms with Gasteiger partial charge in [-0.15, -0.1) is 0 Å². The van der Waals surface area contributed by atoms with Crippen LogP contribution < -0.4 is 112 Å². The molecule has 22 rings (SSSR count). The quantitative estimate of drug-likeness (QED) is 0.157. The zero-order chi connectivity index (χ0) is 59.9. The summed E-state index contributed by atoms with van der Waals surface area (Å²) in [5.41, 5.74) is 6.08. The molecule has 4 atom stereocenters. The van der Waals surface area contributed by atoms with E-state index in [1.165, 1.54) is 363 Å². The Balaban J connectivity index is 0.000000109. The average Bonchev–Trinajstić information content (AvgIpc) is 2.07. The standard InChI is InChI=1S/4C7H14N2.3C6H12N2.C6H11N.3C5H10N2.2CH4/c1-3-8-5-7(1)2-4-9-6-7;1-3-7(8-5-1)4-2-6-9-7;2*1-2-7(9-4-1)3-5-8-6-7;1-3-7-5-6(1)2-4-8-6;1-2-6(7-4-1)3-5-8-6;1-2-6(8-3-1)4-7-5-6;1-2-6(3-1)4-7-5-6;1-3-6-5(1)2-4-7-5;2*1-2-7-5(1)3-6-4-5;;/h4*8-9H,1-6H2;3*7-8H,1-5H2;7H,1-5H2;3*6-7H,1-4H2;2*1H4.